The minimum absolute atomic E-state index is 0.272. The molecule has 1 aromatic carbocycles. The summed E-state index contributed by atoms with van der Waals surface area (Å²) in [5, 5.41) is 3.08. The molecule has 0 aliphatic rings. The Morgan fingerprint density at radius 3 is 2.94 bits per heavy atom. The Balaban J connectivity index is 2.44. The number of halogens is 1. The fourth-order valence-electron chi connectivity index (χ4n) is 1.62. The van der Waals surface area contributed by atoms with Crippen LogP contribution in [0.1, 0.15) is 5.69 Å². The first-order valence-electron chi connectivity index (χ1n) is 5.38. The van der Waals surface area contributed by atoms with Crippen LogP contribution in [0.2, 0.25) is 0 Å². The molecule has 1 N–H and O–H groups in total. The van der Waals surface area contributed by atoms with E-state index in [1.807, 2.05) is 6.92 Å². The SMILES string of the molecule is C=CCNc1nc(C)cn1-c1ccccc1F. The molecule has 0 fully saturated rings. The van der Waals surface area contributed by atoms with E-state index in [0.717, 1.165) is 5.69 Å². The second-order valence-electron chi connectivity index (χ2n) is 3.70. The van der Waals surface area contributed by atoms with Gasteiger partial charge in [-0.3, -0.25) is 4.57 Å². The number of rotatable bonds is 4. The lowest BCUT2D eigenvalue weighted by Crippen LogP contribution is -2.06. The lowest BCUT2D eigenvalue weighted by Gasteiger charge is -2.08. The second kappa shape index (κ2) is 4.82. The number of nitrogens with one attached hydrogen (secondary N) is 1. The van der Waals surface area contributed by atoms with Crippen molar-refractivity contribution in [1.29, 1.82) is 0 Å². The van der Waals surface area contributed by atoms with Gasteiger partial charge in [0.2, 0.25) is 5.95 Å². The summed E-state index contributed by atoms with van der Waals surface area (Å²) in [6.07, 6.45) is 3.53. The average molecular weight is 231 g/mol. The van der Waals surface area contributed by atoms with E-state index in [0.29, 0.717) is 18.2 Å². The van der Waals surface area contributed by atoms with Crippen LogP contribution in [0.15, 0.2) is 43.1 Å². The highest BCUT2D eigenvalue weighted by Crippen LogP contribution is 2.19. The van der Waals surface area contributed by atoms with Crippen molar-refractivity contribution >= 4 is 5.95 Å². The maximum Gasteiger partial charge on any atom is 0.208 e. The Labute approximate surface area is 99.6 Å². The van der Waals surface area contributed by atoms with Crippen molar-refractivity contribution in [1.82, 2.24) is 9.55 Å². The zero-order valence-corrected chi connectivity index (χ0v) is 9.65. The highest BCUT2D eigenvalue weighted by molar-refractivity contribution is 5.44. The number of benzene rings is 1. The first-order valence-corrected chi connectivity index (χ1v) is 5.38. The molecule has 1 aromatic heterocycles. The third-order valence-electron chi connectivity index (χ3n) is 2.34. The van der Waals surface area contributed by atoms with Gasteiger partial charge in [-0.25, -0.2) is 9.37 Å². The van der Waals surface area contributed by atoms with Crippen molar-refractivity contribution in [3.05, 3.63) is 54.6 Å². The monoisotopic (exact) mass is 231 g/mol. The van der Waals surface area contributed by atoms with Crippen LogP contribution in [0.4, 0.5) is 10.3 Å². The molecule has 0 saturated heterocycles. The number of aromatic nitrogens is 2. The van der Waals surface area contributed by atoms with E-state index < -0.39 is 0 Å². The number of aryl methyl sites for hydroxylation is 1. The number of hydrogen-bond acceptors (Lipinski definition) is 2. The van der Waals surface area contributed by atoms with Crippen molar-refractivity contribution in [2.75, 3.05) is 11.9 Å². The van der Waals surface area contributed by atoms with E-state index in [9.17, 15) is 4.39 Å². The molecule has 0 atom stereocenters. The summed E-state index contributed by atoms with van der Waals surface area (Å²) >= 11 is 0. The van der Waals surface area contributed by atoms with Crippen molar-refractivity contribution in [3.8, 4) is 5.69 Å². The minimum Gasteiger partial charge on any atom is -0.352 e. The van der Waals surface area contributed by atoms with Crippen LogP contribution in [0.5, 0.6) is 0 Å². The third-order valence-corrected chi connectivity index (χ3v) is 2.34. The van der Waals surface area contributed by atoms with Crippen molar-refractivity contribution < 1.29 is 4.39 Å². The summed E-state index contributed by atoms with van der Waals surface area (Å²) in [6.45, 7) is 6.09. The maximum atomic E-state index is 13.7. The molecule has 1 heterocycles. The van der Waals surface area contributed by atoms with Gasteiger partial charge in [0.05, 0.1) is 11.4 Å². The molecule has 0 unspecified atom stereocenters. The average Bonchev–Trinajstić information content (AvgIpc) is 2.68. The molecular weight excluding hydrogens is 217 g/mol. The first kappa shape index (κ1) is 11.4. The Morgan fingerprint density at radius 2 is 2.24 bits per heavy atom. The molecule has 0 bridgehead atoms. The molecule has 2 rings (SSSR count). The van der Waals surface area contributed by atoms with E-state index in [4.69, 9.17) is 0 Å². The van der Waals surface area contributed by atoms with Gasteiger partial charge in [0.15, 0.2) is 0 Å². The fraction of sp³-hybridized carbons (Fsp3) is 0.154. The summed E-state index contributed by atoms with van der Waals surface area (Å²) in [6, 6.07) is 6.61. The van der Waals surface area contributed by atoms with Gasteiger partial charge in [-0.2, -0.15) is 0 Å². The van der Waals surface area contributed by atoms with Crippen molar-refractivity contribution in [3.63, 3.8) is 0 Å². The van der Waals surface area contributed by atoms with Gasteiger partial charge in [0, 0.05) is 12.7 Å². The Bertz CT molecular complexity index is 531. The summed E-state index contributed by atoms with van der Waals surface area (Å²) in [5.74, 6) is 0.346. The van der Waals surface area contributed by atoms with E-state index in [2.05, 4.69) is 16.9 Å². The molecule has 0 aliphatic carbocycles. The van der Waals surface area contributed by atoms with Crippen molar-refractivity contribution in [2.24, 2.45) is 0 Å². The molecule has 4 heteroatoms. The van der Waals surface area contributed by atoms with E-state index >= 15 is 0 Å². The number of para-hydroxylation sites is 1. The molecule has 0 aliphatic heterocycles. The maximum absolute atomic E-state index is 13.7. The van der Waals surface area contributed by atoms with Gasteiger partial charge in [0.25, 0.3) is 0 Å². The Kier molecular flexibility index (Phi) is 3.23. The van der Waals surface area contributed by atoms with Gasteiger partial charge in [-0.1, -0.05) is 18.2 Å². The topological polar surface area (TPSA) is 29.9 Å². The summed E-state index contributed by atoms with van der Waals surface area (Å²) in [5.41, 5.74) is 1.32. The molecule has 0 amide bonds. The van der Waals surface area contributed by atoms with Gasteiger partial charge in [0.1, 0.15) is 5.82 Å². The number of imidazole rings is 1. The minimum atomic E-state index is -0.272. The highest BCUT2D eigenvalue weighted by atomic mass is 19.1. The van der Waals surface area contributed by atoms with Crippen LogP contribution in [0.3, 0.4) is 0 Å². The smallest absolute Gasteiger partial charge is 0.208 e. The molecular formula is C13H14FN3. The standard InChI is InChI=1S/C13H14FN3/c1-3-8-15-13-16-10(2)9-17(13)12-7-5-4-6-11(12)14/h3-7,9H,1,8H2,2H3,(H,15,16). The third kappa shape index (κ3) is 2.36. The second-order valence-corrected chi connectivity index (χ2v) is 3.70. The van der Waals surface area contributed by atoms with Gasteiger partial charge in [-0.15, -0.1) is 6.58 Å². The highest BCUT2D eigenvalue weighted by Gasteiger charge is 2.09. The van der Waals surface area contributed by atoms with Gasteiger partial charge >= 0.3 is 0 Å². The summed E-state index contributed by atoms with van der Waals surface area (Å²) in [4.78, 5) is 4.30. The van der Waals surface area contributed by atoms with Crippen molar-refractivity contribution in [2.45, 2.75) is 6.92 Å². The van der Waals surface area contributed by atoms with Crippen LogP contribution in [0.25, 0.3) is 5.69 Å². The van der Waals surface area contributed by atoms with Crippen LogP contribution >= 0.6 is 0 Å². The summed E-state index contributed by atoms with van der Waals surface area (Å²) < 4.78 is 15.4. The van der Waals surface area contributed by atoms with Crippen LogP contribution < -0.4 is 5.32 Å². The molecule has 17 heavy (non-hydrogen) atoms. The quantitative estimate of drug-likeness (QED) is 0.820. The lowest BCUT2D eigenvalue weighted by atomic mass is 10.3. The molecule has 2 aromatic rings. The zero-order chi connectivity index (χ0) is 12.3. The van der Waals surface area contributed by atoms with E-state index in [-0.39, 0.29) is 5.82 Å². The Hall–Kier alpha value is -2.10. The van der Waals surface area contributed by atoms with Crippen LogP contribution in [0, 0.1) is 12.7 Å². The molecule has 0 spiro atoms. The molecule has 0 saturated carbocycles. The predicted molar refractivity (Wildman–Crippen MR) is 66.9 cm³/mol. The number of hydrogen-bond donors (Lipinski definition) is 1. The van der Waals surface area contributed by atoms with E-state index in [1.54, 1.807) is 35.0 Å². The number of nitrogens with zero attached hydrogens (tertiary/aromatic N) is 2. The molecule has 3 nitrogen and oxygen atoms in total. The first-order chi connectivity index (χ1) is 8.22. The zero-order valence-electron chi connectivity index (χ0n) is 9.65. The largest absolute Gasteiger partial charge is 0.352 e. The summed E-state index contributed by atoms with van der Waals surface area (Å²) in [7, 11) is 0. The molecule has 0 radical (unpaired) electrons. The van der Waals surface area contributed by atoms with E-state index in [1.165, 1.54) is 6.07 Å². The fourth-order valence-corrected chi connectivity index (χ4v) is 1.62. The van der Waals surface area contributed by atoms with Gasteiger partial charge < -0.3 is 5.32 Å². The van der Waals surface area contributed by atoms with Crippen LogP contribution in [-0.4, -0.2) is 16.1 Å². The molecule has 88 valence electrons. The number of anilines is 1. The lowest BCUT2D eigenvalue weighted by molar-refractivity contribution is 0.618. The van der Waals surface area contributed by atoms with Gasteiger partial charge in [-0.05, 0) is 19.1 Å². The van der Waals surface area contributed by atoms with Crippen LogP contribution in [-0.2, 0) is 0 Å². The Morgan fingerprint density at radius 1 is 1.47 bits per heavy atom. The predicted octanol–water partition coefficient (Wildman–Crippen LogP) is 2.92. The normalized spacial score (nSPS) is 10.2.